The Morgan fingerprint density at radius 3 is 2.47 bits per heavy atom. The second-order valence-electron chi connectivity index (χ2n) is 11.6. The lowest BCUT2D eigenvalue weighted by molar-refractivity contribution is 0.0981. The summed E-state index contributed by atoms with van der Waals surface area (Å²) >= 11 is 0. The number of carbonyl (C=O) groups is 1. The van der Waals surface area contributed by atoms with E-state index in [0.29, 0.717) is 24.3 Å². The first-order valence-corrected chi connectivity index (χ1v) is 14.1. The van der Waals surface area contributed by atoms with Crippen molar-refractivity contribution >= 4 is 21.7 Å². The summed E-state index contributed by atoms with van der Waals surface area (Å²) in [6, 6.07) is 7.96. The fraction of sp³-hybridized carbons (Fsp3) is 0.593. The van der Waals surface area contributed by atoms with Crippen molar-refractivity contribution in [1.29, 1.82) is 0 Å². The minimum absolute atomic E-state index is 0.204. The largest absolute Gasteiger partial charge is 0.478 e. The van der Waals surface area contributed by atoms with Crippen molar-refractivity contribution in [3.63, 3.8) is 0 Å². The molecule has 9 heteroatoms. The second kappa shape index (κ2) is 10.4. The number of amides is 1. The zero-order valence-electron chi connectivity index (χ0n) is 22.8. The van der Waals surface area contributed by atoms with E-state index in [0.717, 1.165) is 25.1 Å². The number of rotatable bonds is 8. The van der Waals surface area contributed by atoms with E-state index in [9.17, 15) is 13.2 Å². The van der Waals surface area contributed by atoms with Gasteiger partial charge in [0.05, 0.1) is 12.2 Å². The fourth-order valence-corrected chi connectivity index (χ4v) is 5.04. The molecule has 1 aliphatic rings. The van der Waals surface area contributed by atoms with E-state index in [1.807, 2.05) is 0 Å². The van der Waals surface area contributed by atoms with Crippen LogP contribution in [0.5, 0.6) is 5.88 Å². The van der Waals surface area contributed by atoms with Crippen molar-refractivity contribution in [2.24, 2.45) is 11.8 Å². The molecular formula is C27H40N4O4S. The summed E-state index contributed by atoms with van der Waals surface area (Å²) in [6.07, 6.45) is 1.78. The van der Waals surface area contributed by atoms with E-state index < -0.39 is 15.9 Å². The van der Waals surface area contributed by atoms with Gasteiger partial charge < -0.3 is 9.64 Å². The number of pyridine rings is 2. The molecular weight excluding hydrogens is 476 g/mol. The number of nitrogens with one attached hydrogen (secondary N) is 1. The van der Waals surface area contributed by atoms with Gasteiger partial charge in [0.15, 0.2) is 5.03 Å². The van der Waals surface area contributed by atoms with Crippen molar-refractivity contribution in [3.05, 3.63) is 41.6 Å². The summed E-state index contributed by atoms with van der Waals surface area (Å²) in [5, 5.41) is -0.270. The number of sulfonamides is 1. The van der Waals surface area contributed by atoms with Crippen LogP contribution >= 0.6 is 0 Å². The Morgan fingerprint density at radius 2 is 1.89 bits per heavy atom. The second-order valence-corrected chi connectivity index (χ2v) is 13.2. The number of nitrogens with zero attached hydrogens (tertiary/aromatic N) is 3. The van der Waals surface area contributed by atoms with Crippen LogP contribution in [-0.4, -0.2) is 43.0 Å². The molecule has 8 nitrogen and oxygen atoms in total. The molecule has 3 rings (SSSR count). The van der Waals surface area contributed by atoms with Crippen molar-refractivity contribution < 1.29 is 17.9 Å². The third-order valence-corrected chi connectivity index (χ3v) is 8.21. The highest BCUT2D eigenvalue weighted by Crippen LogP contribution is 2.39. The molecule has 2 aromatic heterocycles. The molecule has 1 atom stereocenters. The predicted molar refractivity (Wildman–Crippen MR) is 142 cm³/mol. The predicted octanol–water partition coefficient (Wildman–Crippen LogP) is 4.94. The first-order chi connectivity index (χ1) is 16.6. The van der Waals surface area contributed by atoms with Crippen LogP contribution in [0.3, 0.4) is 0 Å². The third-order valence-electron chi connectivity index (χ3n) is 6.98. The highest BCUT2D eigenvalue weighted by Gasteiger charge is 2.41. The van der Waals surface area contributed by atoms with E-state index in [-0.39, 0.29) is 27.4 Å². The molecule has 0 spiro atoms. The van der Waals surface area contributed by atoms with Gasteiger partial charge in [0.25, 0.3) is 15.9 Å². The van der Waals surface area contributed by atoms with E-state index in [4.69, 9.17) is 9.72 Å². The molecule has 1 saturated heterocycles. The summed E-state index contributed by atoms with van der Waals surface area (Å²) in [6.45, 7) is 17.9. The molecule has 0 aliphatic carbocycles. The van der Waals surface area contributed by atoms with Gasteiger partial charge in [-0.1, -0.05) is 47.6 Å². The van der Waals surface area contributed by atoms with E-state index in [1.54, 1.807) is 24.3 Å². The smallest absolute Gasteiger partial charge is 0.281 e. The minimum Gasteiger partial charge on any atom is -0.478 e. The maximum atomic E-state index is 13.4. The fourth-order valence-electron chi connectivity index (χ4n) is 4.11. The lowest BCUT2D eigenvalue weighted by atomic mass is 9.89. The van der Waals surface area contributed by atoms with Crippen LogP contribution in [0.2, 0.25) is 0 Å². The zero-order chi connectivity index (χ0) is 26.9. The molecule has 0 aromatic carbocycles. The number of ether oxygens (including phenoxy) is 1. The number of carbonyl (C=O) groups excluding carboxylic acids is 1. The van der Waals surface area contributed by atoms with Crippen molar-refractivity contribution in [2.45, 2.75) is 84.2 Å². The minimum atomic E-state index is -4.23. The first-order valence-electron chi connectivity index (χ1n) is 12.6. The maximum absolute atomic E-state index is 13.4. The summed E-state index contributed by atoms with van der Waals surface area (Å²) < 4.78 is 34.0. The molecule has 3 heterocycles. The molecule has 0 radical (unpaired) electrons. The average molecular weight is 517 g/mol. The van der Waals surface area contributed by atoms with E-state index >= 15 is 0 Å². The molecule has 1 fully saturated rings. The van der Waals surface area contributed by atoms with Gasteiger partial charge in [0.2, 0.25) is 5.88 Å². The van der Waals surface area contributed by atoms with Crippen molar-refractivity contribution in [1.82, 2.24) is 14.7 Å². The van der Waals surface area contributed by atoms with Crippen LogP contribution in [-0.2, 0) is 15.4 Å². The lowest BCUT2D eigenvalue weighted by Crippen LogP contribution is -2.44. The monoisotopic (exact) mass is 516 g/mol. The lowest BCUT2D eigenvalue weighted by Gasteiger charge is -2.37. The Kier molecular flexibility index (Phi) is 8.03. The maximum Gasteiger partial charge on any atom is 0.281 e. The van der Waals surface area contributed by atoms with Gasteiger partial charge >= 0.3 is 0 Å². The van der Waals surface area contributed by atoms with Crippen LogP contribution in [0.25, 0.3) is 0 Å². The molecule has 1 unspecified atom stereocenters. The van der Waals surface area contributed by atoms with Gasteiger partial charge in [0.1, 0.15) is 5.82 Å². The number of aromatic nitrogens is 2. The molecule has 1 aliphatic heterocycles. The standard InChI is InChI=1S/C27H40N4O4S/c1-18(2)15-17-35-22-10-9-11-23(29-22)36(33,34)30-25(32)20-12-13-21(26(4,5)6)28-24(20)31-16-14-19(3)27(31,7)8/h9-13,18-19H,14-17H2,1-8H3,(H,30,32). The zero-order valence-corrected chi connectivity index (χ0v) is 23.6. The third kappa shape index (κ3) is 6.17. The topological polar surface area (TPSA) is 101 Å². The van der Waals surface area contributed by atoms with Crippen LogP contribution in [0.15, 0.2) is 35.4 Å². The van der Waals surface area contributed by atoms with Gasteiger partial charge in [-0.3, -0.25) is 4.79 Å². The molecule has 0 saturated carbocycles. The van der Waals surface area contributed by atoms with Crippen molar-refractivity contribution in [2.75, 3.05) is 18.1 Å². The first kappa shape index (κ1) is 27.9. The Labute approximate surface area is 215 Å². The SMILES string of the molecule is CC(C)CCOc1cccc(S(=O)(=O)NC(=O)c2ccc(C(C)(C)C)nc2N2CCC(C)C2(C)C)n1. The van der Waals surface area contributed by atoms with Crippen LogP contribution in [0, 0.1) is 11.8 Å². The van der Waals surface area contributed by atoms with Crippen LogP contribution in [0.4, 0.5) is 5.82 Å². The normalized spacial score (nSPS) is 17.9. The van der Waals surface area contributed by atoms with E-state index in [2.05, 4.69) is 70.0 Å². The highest BCUT2D eigenvalue weighted by atomic mass is 32.2. The van der Waals surface area contributed by atoms with Gasteiger partial charge in [0, 0.05) is 29.3 Å². The quantitative estimate of drug-likeness (QED) is 0.530. The van der Waals surface area contributed by atoms with Gasteiger partial charge in [-0.15, -0.1) is 0 Å². The number of anilines is 1. The van der Waals surface area contributed by atoms with Gasteiger partial charge in [-0.05, 0) is 56.7 Å². The van der Waals surface area contributed by atoms with Gasteiger partial charge in [-0.25, -0.2) is 9.71 Å². The van der Waals surface area contributed by atoms with Crippen LogP contribution in [0.1, 0.15) is 84.3 Å². The molecule has 1 amide bonds. The molecule has 0 bridgehead atoms. The van der Waals surface area contributed by atoms with Gasteiger partial charge in [-0.2, -0.15) is 13.4 Å². The molecule has 2 aromatic rings. The van der Waals surface area contributed by atoms with E-state index in [1.165, 1.54) is 6.07 Å². The average Bonchev–Trinajstić information content (AvgIpc) is 3.04. The number of hydrogen-bond acceptors (Lipinski definition) is 7. The Balaban J connectivity index is 1.92. The molecule has 1 N–H and O–H groups in total. The van der Waals surface area contributed by atoms with Crippen molar-refractivity contribution in [3.8, 4) is 5.88 Å². The summed E-state index contributed by atoms with van der Waals surface area (Å²) in [7, 11) is -4.23. The summed E-state index contributed by atoms with van der Waals surface area (Å²) in [5.41, 5.74) is 0.588. The number of hydrogen-bond donors (Lipinski definition) is 1. The Bertz CT molecular complexity index is 1200. The Morgan fingerprint density at radius 1 is 1.19 bits per heavy atom. The highest BCUT2D eigenvalue weighted by molar-refractivity contribution is 7.90. The van der Waals surface area contributed by atoms with Crippen LogP contribution < -0.4 is 14.4 Å². The summed E-state index contributed by atoms with van der Waals surface area (Å²) in [4.78, 5) is 24.5. The summed E-state index contributed by atoms with van der Waals surface area (Å²) in [5.74, 6) is 0.812. The Hall–Kier alpha value is -2.68. The molecule has 36 heavy (non-hydrogen) atoms. The molecule has 198 valence electrons.